The molecule has 0 fully saturated rings. The van der Waals surface area contributed by atoms with Gasteiger partial charge in [0.2, 0.25) is 5.82 Å². The van der Waals surface area contributed by atoms with Gasteiger partial charge in [-0.05, 0) is 0 Å². The van der Waals surface area contributed by atoms with Gasteiger partial charge in [-0.2, -0.15) is 13.2 Å². The van der Waals surface area contributed by atoms with E-state index in [4.69, 9.17) is 0 Å². The first kappa shape index (κ1) is 16.1. The van der Waals surface area contributed by atoms with E-state index in [9.17, 15) is 39.5 Å². The van der Waals surface area contributed by atoms with Gasteiger partial charge in [0.05, 0.1) is 11.3 Å². The molecule has 0 aliphatic carbocycles. The van der Waals surface area contributed by atoms with Crippen LogP contribution in [0.25, 0.3) is 11.3 Å². The van der Waals surface area contributed by atoms with Gasteiger partial charge in [-0.3, -0.25) is 4.98 Å². The molecule has 0 unspecified atom stereocenters. The van der Waals surface area contributed by atoms with Crippen molar-refractivity contribution < 1.29 is 39.5 Å². The number of halogens is 9. The summed E-state index contributed by atoms with van der Waals surface area (Å²) in [4.78, 5) is 2.91. The van der Waals surface area contributed by atoms with Crippen molar-refractivity contribution in [3.05, 3.63) is 52.7 Å². The zero-order valence-corrected chi connectivity index (χ0v) is 10.0. The minimum Gasteiger partial charge on any atom is -0.255 e. The van der Waals surface area contributed by atoms with Crippen molar-refractivity contribution in [2.45, 2.75) is 6.18 Å². The summed E-state index contributed by atoms with van der Waals surface area (Å²) in [6.07, 6.45) is -5.24. The van der Waals surface area contributed by atoms with Crippen LogP contribution in [0.3, 0.4) is 0 Å². The van der Waals surface area contributed by atoms with Crippen LogP contribution in [0.4, 0.5) is 39.5 Å². The maximum Gasteiger partial charge on any atom is 0.420 e. The van der Waals surface area contributed by atoms with Gasteiger partial charge in [0, 0.05) is 12.3 Å². The predicted octanol–water partition coefficient (Wildman–Crippen LogP) is 4.60. The van der Waals surface area contributed by atoms with Crippen LogP contribution in [0, 0.1) is 34.9 Å². The van der Waals surface area contributed by atoms with Crippen LogP contribution in [0.5, 0.6) is 0 Å². The number of hydrogen-bond donors (Lipinski definition) is 0. The molecule has 10 heteroatoms. The monoisotopic (exact) mass is 331 g/mol. The third-order valence-electron chi connectivity index (χ3n) is 2.62. The summed E-state index contributed by atoms with van der Waals surface area (Å²) in [7, 11) is 0. The van der Waals surface area contributed by atoms with Gasteiger partial charge < -0.3 is 0 Å². The van der Waals surface area contributed by atoms with E-state index < -0.39 is 57.9 Å². The molecular formula is C12H2F9N. The molecule has 1 nitrogen and oxygen atoms in total. The van der Waals surface area contributed by atoms with Crippen LogP contribution in [0.1, 0.15) is 5.56 Å². The summed E-state index contributed by atoms with van der Waals surface area (Å²) in [6, 6.07) is -0.0684. The fraction of sp³-hybridized carbons (Fsp3) is 0.0833. The highest BCUT2D eigenvalue weighted by Crippen LogP contribution is 2.34. The molecule has 118 valence electrons. The van der Waals surface area contributed by atoms with E-state index in [-0.39, 0.29) is 12.3 Å². The van der Waals surface area contributed by atoms with Crippen LogP contribution in [-0.2, 0) is 6.18 Å². The first-order valence-electron chi connectivity index (χ1n) is 5.30. The lowest BCUT2D eigenvalue weighted by Crippen LogP contribution is -2.10. The van der Waals surface area contributed by atoms with Gasteiger partial charge in [-0.25, -0.2) is 26.3 Å². The third-order valence-corrected chi connectivity index (χ3v) is 2.62. The van der Waals surface area contributed by atoms with E-state index in [0.717, 1.165) is 0 Å². The normalized spacial score (nSPS) is 11.9. The molecule has 22 heavy (non-hydrogen) atoms. The number of alkyl halides is 3. The summed E-state index contributed by atoms with van der Waals surface area (Å²) in [5, 5.41) is 0. The molecule has 0 spiro atoms. The minimum absolute atomic E-state index is 0.0684. The predicted molar refractivity (Wildman–Crippen MR) is 54.4 cm³/mol. The maximum atomic E-state index is 13.4. The highest BCUT2D eigenvalue weighted by atomic mass is 19.4. The Morgan fingerprint density at radius 2 is 1.18 bits per heavy atom. The molecule has 0 bridgehead atoms. The van der Waals surface area contributed by atoms with Crippen molar-refractivity contribution in [3.63, 3.8) is 0 Å². The lowest BCUT2D eigenvalue weighted by molar-refractivity contribution is -0.140. The van der Waals surface area contributed by atoms with E-state index in [2.05, 4.69) is 4.98 Å². The molecule has 0 saturated heterocycles. The van der Waals surface area contributed by atoms with Gasteiger partial charge in [0.15, 0.2) is 23.3 Å². The average Bonchev–Trinajstić information content (AvgIpc) is 2.42. The van der Waals surface area contributed by atoms with E-state index in [1.54, 1.807) is 0 Å². The number of pyridine rings is 1. The van der Waals surface area contributed by atoms with Crippen LogP contribution in [0.2, 0.25) is 0 Å². The number of rotatable bonds is 1. The molecule has 0 saturated carbocycles. The highest BCUT2D eigenvalue weighted by molar-refractivity contribution is 5.61. The van der Waals surface area contributed by atoms with Crippen molar-refractivity contribution >= 4 is 0 Å². The second kappa shape index (κ2) is 5.18. The molecule has 0 aliphatic heterocycles. The van der Waals surface area contributed by atoms with E-state index in [1.165, 1.54) is 0 Å². The lowest BCUT2D eigenvalue weighted by atomic mass is 10.1. The summed E-state index contributed by atoms with van der Waals surface area (Å²) < 4.78 is 116. The molecule has 0 N–H and O–H groups in total. The summed E-state index contributed by atoms with van der Waals surface area (Å²) in [6.45, 7) is 0. The molecule has 0 radical (unpaired) electrons. The summed E-state index contributed by atoms with van der Waals surface area (Å²) in [5.41, 5.74) is -4.64. The summed E-state index contributed by atoms with van der Waals surface area (Å²) in [5.74, 6) is -13.7. The molecule has 1 heterocycles. The SMILES string of the molecule is Fc1cc(-c2c(F)c(F)c(F)c(F)c2F)ncc1C(F)(F)F. The Balaban J connectivity index is 2.71. The van der Waals surface area contributed by atoms with Crippen LogP contribution in [0.15, 0.2) is 12.3 Å². The van der Waals surface area contributed by atoms with Gasteiger partial charge in [-0.1, -0.05) is 0 Å². The van der Waals surface area contributed by atoms with Crippen molar-refractivity contribution in [1.82, 2.24) is 4.98 Å². The Morgan fingerprint density at radius 1 is 0.727 bits per heavy atom. The summed E-state index contributed by atoms with van der Waals surface area (Å²) >= 11 is 0. The van der Waals surface area contributed by atoms with Crippen LogP contribution in [-0.4, -0.2) is 4.98 Å². The Bertz CT molecular complexity index is 722. The van der Waals surface area contributed by atoms with Crippen molar-refractivity contribution in [3.8, 4) is 11.3 Å². The van der Waals surface area contributed by atoms with Crippen molar-refractivity contribution in [2.75, 3.05) is 0 Å². The Hall–Kier alpha value is -2.26. The first-order valence-corrected chi connectivity index (χ1v) is 5.30. The molecular weight excluding hydrogens is 329 g/mol. The minimum atomic E-state index is -5.13. The second-order valence-corrected chi connectivity index (χ2v) is 3.99. The molecule has 1 aromatic carbocycles. The van der Waals surface area contributed by atoms with Gasteiger partial charge in [0.25, 0.3) is 0 Å². The zero-order chi connectivity index (χ0) is 16.8. The molecule has 0 amide bonds. The topological polar surface area (TPSA) is 12.9 Å². The standard InChI is InChI=1S/C12H2F9N/c13-4-1-5(22-2-3(4)12(19,20)21)6-7(14)9(16)11(18)10(17)8(6)15/h1-2H. The molecule has 0 atom stereocenters. The molecule has 2 aromatic rings. The smallest absolute Gasteiger partial charge is 0.255 e. The quantitative estimate of drug-likeness (QED) is 0.423. The largest absolute Gasteiger partial charge is 0.420 e. The fourth-order valence-electron chi connectivity index (χ4n) is 1.61. The fourth-order valence-corrected chi connectivity index (χ4v) is 1.61. The third kappa shape index (κ3) is 2.48. The number of nitrogens with zero attached hydrogens (tertiary/aromatic N) is 1. The number of benzene rings is 1. The van der Waals surface area contributed by atoms with Gasteiger partial charge in [-0.15, -0.1) is 0 Å². The molecule has 2 rings (SSSR count). The molecule has 0 aliphatic rings. The highest BCUT2D eigenvalue weighted by Gasteiger charge is 2.35. The lowest BCUT2D eigenvalue weighted by Gasteiger charge is -2.10. The van der Waals surface area contributed by atoms with E-state index in [1.807, 2.05) is 0 Å². The van der Waals surface area contributed by atoms with Crippen molar-refractivity contribution in [2.24, 2.45) is 0 Å². The zero-order valence-electron chi connectivity index (χ0n) is 10.0. The van der Waals surface area contributed by atoms with Crippen LogP contribution < -0.4 is 0 Å². The second-order valence-electron chi connectivity index (χ2n) is 3.99. The Labute approximate surface area is 116 Å². The number of hydrogen-bond acceptors (Lipinski definition) is 1. The Kier molecular flexibility index (Phi) is 3.80. The van der Waals surface area contributed by atoms with Crippen molar-refractivity contribution in [1.29, 1.82) is 0 Å². The van der Waals surface area contributed by atoms with Crippen LogP contribution >= 0.6 is 0 Å². The first-order chi connectivity index (χ1) is 10.1. The number of aromatic nitrogens is 1. The molecule has 1 aromatic heterocycles. The van der Waals surface area contributed by atoms with E-state index in [0.29, 0.717) is 0 Å². The maximum absolute atomic E-state index is 13.4. The Morgan fingerprint density at radius 3 is 1.59 bits per heavy atom. The average molecular weight is 331 g/mol. The van der Waals surface area contributed by atoms with Gasteiger partial charge >= 0.3 is 6.18 Å². The van der Waals surface area contributed by atoms with E-state index >= 15 is 0 Å². The van der Waals surface area contributed by atoms with Gasteiger partial charge in [0.1, 0.15) is 11.4 Å².